The monoisotopic (exact) mass is 117 g/mol. The third kappa shape index (κ3) is 5.88. The predicted molar refractivity (Wildman–Crippen MR) is 35.4 cm³/mol. The molecule has 0 saturated carbocycles. The van der Waals surface area contributed by atoms with Crippen molar-refractivity contribution in [3.63, 3.8) is 0 Å². The Hall–Kier alpha value is -0.120. The molecule has 0 radical (unpaired) electrons. The maximum absolute atomic E-state index is 5.02. The van der Waals surface area contributed by atoms with Gasteiger partial charge in [0.15, 0.2) is 0 Å². The normalized spacial score (nSPS) is 9.75. The molecule has 0 amide bonds. The Balaban J connectivity index is 2.53. The van der Waals surface area contributed by atoms with Crippen molar-refractivity contribution in [2.75, 3.05) is 19.6 Å². The Morgan fingerprint density at radius 2 is 2.00 bits per heavy atom. The molecule has 0 spiro atoms. The van der Waals surface area contributed by atoms with Crippen molar-refractivity contribution in [3.8, 4) is 0 Å². The summed E-state index contributed by atoms with van der Waals surface area (Å²) >= 11 is 0. The van der Waals surface area contributed by atoms with Crippen molar-refractivity contribution in [1.29, 1.82) is 0 Å². The predicted octanol–water partition coefficient (Wildman–Crippen LogP) is -0.551. The standard InChI is InChI=1S/C5H15N3/c1-2-3-7-4-5-8-6/h7-8H,2-6H2,1H3. The minimum atomic E-state index is 0.847. The fraction of sp³-hybridized carbons (Fsp3) is 1.00. The fourth-order valence-corrected chi connectivity index (χ4v) is 0.462. The van der Waals surface area contributed by atoms with Gasteiger partial charge in [-0.25, -0.2) is 0 Å². The molecule has 0 heterocycles. The molecule has 3 heteroatoms. The van der Waals surface area contributed by atoms with Gasteiger partial charge in [-0.05, 0) is 13.0 Å². The van der Waals surface area contributed by atoms with Crippen molar-refractivity contribution >= 4 is 0 Å². The quantitative estimate of drug-likeness (QED) is 0.257. The third-order valence-corrected chi connectivity index (χ3v) is 0.873. The number of rotatable bonds is 5. The highest BCUT2D eigenvalue weighted by Crippen LogP contribution is 1.66. The van der Waals surface area contributed by atoms with Crippen molar-refractivity contribution in [2.45, 2.75) is 13.3 Å². The molecule has 0 atom stereocenters. The lowest BCUT2D eigenvalue weighted by molar-refractivity contribution is 0.622. The molecular formula is C5H15N3. The summed E-state index contributed by atoms with van der Waals surface area (Å²) in [6.07, 6.45) is 1.19. The van der Waals surface area contributed by atoms with Crippen LogP contribution >= 0.6 is 0 Å². The molecule has 0 saturated heterocycles. The Kier molecular flexibility index (Phi) is 6.78. The van der Waals surface area contributed by atoms with E-state index in [1.807, 2.05) is 0 Å². The zero-order chi connectivity index (χ0) is 6.24. The second-order valence-corrected chi connectivity index (χ2v) is 1.70. The number of hydrogen-bond acceptors (Lipinski definition) is 3. The van der Waals surface area contributed by atoms with Crippen molar-refractivity contribution in [2.24, 2.45) is 5.84 Å². The van der Waals surface area contributed by atoms with E-state index < -0.39 is 0 Å². The van der Waals surface area contributed by atoms with Gasteiger partial charge in [-0.1, -0.05) is 6.92 Å². The van der Waals surface area contributed by atoms with E-state index in [9.17, 15) is 0 Å². The summed E-state index contributed by atoms with van der Waals surface area (Å²) in [5.74, 6) is 5.02. The Bertz CT molecular complexity index is 32.7. The molecular weight excluding hydrogens is 102 g/mol. The number of nitrogens with two attached hydrogens (primary N) is 1. The van der Waals surface area contributed by atoms with Gasteiger partial charge in [-0.2, -0.15) is 0 Å². The van der Waals surface area contributed by atoms with Crippen molar-refractivity contribution in [1.82, 2.24) is 10.7 Å². The summed E-state index contributed by atoms with van der Waals surface area (Å²) in [6, 6.07) is 0. The molecule has 50 valence electrons. The van der Waals surface area contributed by atoms with E-state index in [-0.39, 0.29) is 0 Å². The van der Waals surface area contributed by atoms with Crippen LogP contribution in [0.4, 0.5) is 0 Å². The maximum atomic E-state index is 5.02. The first-order valence-corrected chi connectivity index (χ1v) is 3.06. The SMILES string of the molecule is CCCNCCNN. The molecule has 0 aliphatic heterocycles. The molecule has 0 rings (SSSR count). The van der Waals surface area contributed by atoms with Crippen LogP contribution in [0.3, 0.4) is 0 Å². The number of nitrogens with one attached hydrogen (secondary N) is 2. The van der Waals surface area contributed by atoms with Gasteiger partial charge < -0.3 is 5.32 Å². The highest BCUT2D eigenvalue weighted by molar-refractivity contribution is 4.44. The molecule has 0 aromatic heterocycles. The lowest BCUT2D eigenvalue weighted by Gasteiger charge is -1.99. The molecule has 0 aliphatic rings. The van der Waals surface area contributed by atoms with E-state index in [2.05, 4.69) is 17.7 Å². The van der Waals surface area contributed by atoms with E-state index in [1.165, 1.54) is 6.42 Å². The van der Waals surface area contributed by atoms with Gasteiger partial charge in [0, 0.05) is 13.1 Å². The molecule has 0 aromatic carbocycles. The molecule has 0 bridgehead atoms. The van der Waals surface area contributed by atoms with E-state index in [1.54, 1.807) is 0 Å². The first kappa shape index (κ1) is 7.88. The minimum Gasteiger partial charge on any atom is -0.315 e. The van der Waals surface area contributed by atoms with Crippen LogP contribution in [0, 0.1) is 0 Å². The smallest absolute Gasteiger partial charge is 0.0223 e. The van der Waals surface area contributed by atoms with Gasteiger partial charge in [0.2, 0.25) is 0 Å². The highest BCUT2D eigenvalue weighted by atomic mass is 15.2. The molecule has 0 fully saturated rings. The van der Waals surface area contributed by atoms with Crippen molar-refractivity contribution < 1.29 is 0 Å². The average Bonchev–Trinajstić information content (AvgIpc) is 1.81. The first-order valence-electron chi connectivity index (χ1n) is 3.06. The zero-order valence-electron chi connectivity index (χ0n) is 5.41. The van der Waals surface area contributed by atoms with Crippen LogP contribution in [0.15, 0.2) is 0 Å². The van der Waals surface area contributed by atoms with Crippen LogP contribution in [-0.4, -0.2) is 19.6 Å². The van der Waals surface area contributed by atoms with E-state index in [0.717, 1.165) is 19.6 Å². The van der Waals surface area contributed by atoms with Crippen molar-refractivity contribution in [3.05, 3.63) is 0 Å². The summed E-state index contributed by atoms with van der Waals surface area (Å²) in [4.78, 5) is 0. The van der Waals surface area contributed by atoms with Crippen LogP contribution in [0.1, 0.15) is 13.3 Å². The fourth-order valence-electron chi connectivity index (χ4n) is 0.462. The Morgan fingerprint density at radius 1 is 1.25 bits per heavy atom. The van der Waals surface area contributed by atoms with Gasteiger partial charge >= 0.3 is 0 Å². The summed E-state index contributed by atoms with van der Waals surface area (Å²) in [5, 5.41) is 3.19. The summed E-state index contributed by atoms with van der Waals surface area (Å²) < 4.78 is 0. The third-order valence-electron chi connectivity index (χ3n) is 0.873. The second-order valence-electron chi connectivity index (χ2n) is 1.70. The van der Waals surface area contributed by atoms with Gasteiger partial charge in [0.25, 0.3) is 0 Å². The lowest BCUT2D eigenvalue weighted by Crippen LogP contribution is -2.31. The Morgan fingerprint density at radius 3 is 2.50 bits per heavy atom. The average molecular weight is 117 g/mol. The minimum absolute atomic E-state index is 0.847. The van der Waals surface area contributed by atoms with Crippen LogP contribution in [0.5, 0.6) is 0 Å². The van der Waals surface area contributed by atoms with Crippen LogP contribution in [-0.2, 0) is 0 Å². The van der Waals surface area contributed by atoms with E-state index >= 15 is 0 Å². The molecule has 0 unspecified atom stereocenters. The van der Waals surface area contributed by atoms with Gasteiger partial charge in [-0.3, -0.25) is 11.3 Å². The lowest BCUT2D eigenvalue weighted by atomic mass is 10.5. The van der Waals surface area contributed by atoms with Gasteiger partial charge in [0.05, 0.1) is 0 Å². The molecule has 4 N–H and O–H groups in total. The zero-order valence-corrected chi connectivity index (χ0v) is 5.41. The van der Waals surface area contributed by atoms with Crippen LogP contribution < -0.4 is 16.6 Å². The Labute approximate surface area is 50.6 Å². The maximum Gasteiger partial charge on any atom is 0.0223 e. The van der Waals surface area contributed by atoms with E-state index in [0.29, 0.717) is 0 Å². The second kappa shape index (κ2) is 6.88. The summed E-state index contributed by atoms with van der Waals surface area (Å²) in [5.41, 5.74) is 2.56. The van der Waals surface area contributed by atoms with E-state index in [4.69, 9.17) is 5.84 Å². The molecule has 3 nitrogen and oxygen atoms in total. The summed E-state index contributed by atoms with van der Waals surface area (Å²) in [6.45, 7) is 5.04. The van der Waals surface area contributed by atoms with Crippen LogP contribution in [0.25, 0.3) is 0 Å². The summed E-state index contributed by atoms with van der Waals surface area (Å²) in [7, 11) is 0. The topological polar surface area (TPSA) is 50.1 Å². The number of hydrazine groups is 1. The van der Waals surface area contributed by atoms with Gasteiger partial charge in [-0.15, -0.1) is 0 Å². The highest BCUT2D eigenvalue weighted by Gasteiger charge is 1.79. The van der Waals surface area contributed by atoms with Gasteiger partial charge in [0.1, 0.15) is 0 Å². The van der Waals surface area contributed by atoms with Crippen LogP contribution in [0.2, 0.25) is 0 Å². The molecule has 0 aromatic rings. The number of hydrogen-bond donors (Lipinski definition) is 3. The largest absolute Gasteiger partial charge is 0.315 e. The first-order chi connectivity index (χ1) is 3.91. The molecule has 0 aliphatic carbocycles. The molecule has 8 heavy (non-hydrogen) atoms.